The van der Waals surface area contributed by atoms with E-state index in [-0.39, 0.29) is 0 Å². The van der Waals surface area contributed by atoms with Crippen LogP contribution in [-0.2, 0) is 0 Å². The largest absolute Gasteiger partial charge is 0.388 e. The normalized spacial score (nSPS) is 8.82. The summed E-state index contributed by atoms with van der Waals surface area (Å²) in [4.78, 5) is 0. The fourth-order valence-electron chi connectivity index (χ4n) is 0.747. The Morgan fingerprint density at radius 1 is 1.55 bits per heavy atom. The Bertz CT molecular complexity index is 303. The zero-order valence-electron chi connectivity index (χ0n) is 5.97. The second-order valence-corrected chi connectivity index (χ2v) is 2.91. The minimum absolute atomic E-state index is 0.599. The van der Waals surface area contributed by atoms with Gasteiger partial charge in [-0.15, -0.1) is 5.26 Å². The molecule has 0 N–H and O–H groups in total. The van der Waals surface area contributed by atoms with Gasteiger partial charge in [-0.3, -0.25) is 0 Å². The van der Waals surface area contributed by atoms with Crippen LogP contribution in [0.4, 0.5) is 0 Å². The maximum Gasteiger partial charge on any atom is 0.292 e. The Morgan fingerprint density at radius 3 is 2.91 bits per heavy atom. The number of hydrogen-bond donors (Lipinski definition) is 0. The minimum atomic E-state index is 0.599. The van der Waals surface area contributed by atoms with Crippen molar-refractivity contribution < 1.29 is 4.74 Å². The van der Waals surface area contributed by atoms with Crippen molar-refractivity contribution in [2.24, 2.45) is 0 Å². The fraction of sp³-hybridized carbons (Fsp3) is 0.125. The maximum absolute atomic E-state index is 8.25. The molecule has 0 amide bonds. The highest BCUT2D eigenvalue weighted by molar-refractivity contribution is 9.10. The molecule has 0 spiro atoms. The van der Waals surface area contributed by atoms with E-state index in [1.807, 2.05) is 19.1 Å². The first kappa shape index (κ1) is 8.09. The molecule has 56 valence electrons. The highest BCUT2D eigenvalue weighted by Gasteiger charge is 2.00. The smallest absolute Gasteiger partial charge is 0.292 e. The fourth-order valence-corrected chi connectivity index (χ4v) is 1.10. The van der Waals surface area contributed by atoms with E-state index >= 15 is 0 Å². The van der Waals surface area contributed by atoms with E-state index in [1.165, 1.54) is 0 Å². The molecule has 0 aromatic heterocycles. The highest BCUT2D eigenvalue weighted by Crippen LogP contribution is 2.24. The van der Waals surface area contributed by atoms with Crippen LogP contribution in [0, 0.1) is 18.4 Å². The first-order valence-corrected chi connectivity index (χ1v) is 3.86. The molecule has 11 heavy (non-hydrogen) atoms. The van der Waals surface area contributed by atoms with Gasteiger partial charge in [0.1, 0.15) is 5.75 Å². The van der Waals surface area contributed by atoms with Crippen molar-refractivity contribution in [3.63, 3.8) is 0 Å². The monoisotopic (exact) mass is 211 g/mol. The van der Waals surface area contributed by atoms with Gasteiger partial charge in [0.05, 0.1) is 0 Å². The molecule has 0 aliphatic carbocycles. The third kappa shape index (κ3) is 1.72. The number of benzene rings is 1. The summed E-state index contributed by atoms with van der Waals surface area (Å²) in [6.45, 7) is 1.89. The van der Waals surface area contributed by atoms with E-state index in [9.17, 15) is 0 Å². The number of ether oxygens (including phenoxy) is 1. The van der Waals surface area contributed by atoms with Crippen LogP contribution in [-0.4, -0.2) is 0 Å². The lowest BCUT2D eigenvalue weighted by Gasteiger charge is -2.01. The summed E-state index contributed by atoms with van der Waals surface area (Å²) in [6.07, 6.45) is 1.63. The van der Waals surface area contributed by atoms with Gasteiger partial charge in [0.15, 0.2) is 0 Å². The minimum Gasteiger partial charge on any atom is -0.388 e. The number of nitriles is 1. The van der Waals surface area contributed by atoms with E-state index in [0.29, 0.717) is 5.75 Å². The van der Waals surface area contributed by atoms with Gasteiger partial charge in [0.25, 0.3) is 6.26 Å². The number of nitrogens with zero attached hydrogens (tertiary/aromatic N) is 1. The van der Waals surface area contributed by atoms with E-state index in [4.69, 9.17) is 10.00 Å². The average Bonchev–Trinajstić information content (AvgIpc) is 1.99. The van der Waals surface area contributed by atoms with Crippen LogP contribution in [0.25, 0.3) is 0 Å². The third-order valence-corrected chi connectivity index (χ3v) is 2.23. The Morgan fingerprint density at radius 2 is 2.27 bits per heavy atom. The zero-order chi connectivity index (χ0) is 8.27. The molecule has 0 saturated heterocycles. The highest BCUT2D eigenvalue weighted by atomic mass is 79.9. The lowest BCUT2D eigenvalue weighted by Crippen LogP contribution is -1.85. The maximum atomic E-state index is 8.25. The van der Waals surface area contributed by atoms with Crippen LogP contribution in [0.5, 0.6) is 5.75 Å². The molecule has 0 aliphatic heterocycles. The Balaban J connectivity index is 3.08. The SMILES string of the molecule is Cc1c(Br)cccc1OC#N. The van der Waals surface area contributed by atoms with Gasteiger partial charge >= 0.3 is 0 Å². The molecule has 0 aliphatic rings. The predicted molar refractivity (Wildman–Crippen MR) is 45.1 cm³/mol. The van der Waals surface area contributed by atoms with Gasteiger partial charge < -0.3 is 4.74 Å². The first-order valence-electron chi connectivity index (χ1n) is 3.06. The summed E-state index contributed by atoms with van der Waals surface area (Å²) in [5, 5.41) is 8.25. The molecule has 0 radical (unpaired) electrons. The van der Waals surface area contributed by atoms with E-state index in [0.717, 1.165) is 10.0 Å². The molecule has 0 bridgehead atoms. The molecule has 0 heterocycles. The quantitative estimate of drug-likeness (QED) is 0.670. The lowest BCUT2D eigenvalue weighted by atomic mass is 10.2. The molecule has 0 unspecified atom stereocenters. The second-order valence-electron chi connectivity index (χ2n) is 2.06. The van der Waals surface area contributed by atoms with Crippen molar-refractivity contribution in [3.8, 4) is 12.0 Å². The molecule has 2 nitrogen and oxygen atoms in total. The van der Waals surface area contributed by atoms with Crippen LogP contribution in [0.3, 0.4) is 0 Å². The molecule has 1 aromatic rings. The zero-order valence-corrected chi connectivity index (χ0v) is 7.55. The second kappa shape index (κ2) is 3.40. The average molecular weight is 212 g/mol. The van der Waals surface area contributed by atoms with Crippen LogP contribution >= 0.6 is 15.9 Å². The van der Waals surface area contributed by atoms with Crippen LogP contribution < -0.4 is 4.74 Å². The summed E-state index contributed by atoms with van der Waals surface area (Å²) >= 11 is 3.33. The number of halogens is 1. The summed E-state index contributed by atoms with van der Waals surface area (Å²) < 4.78 is 5.64. The molecule has 3 heteroatoms. The van der Waals surface area contributed by atoms with Crippen LogP contribution in [0.1, 0.15) is 5.56 Å². The summed E-state index contributed by atoms with van der Waals surface area (Å²) in [5.41, 5.74) is 0.939. The molecular formula is C8H6BrNO. The van der Waals surface area contributed by atoms with Crippen LogP contribution in [0.2, 0.25) is 0 Å². The van der Waals surface area contributed by atoms with Gasteiger partial charge in [-0.2, -0.15) is 0 Å². The third-order valence-electron chi connectivity index (χ3n) is 1.37. The van der Waals surface area contributed by atoms with Crippen molar-refractivity contribution in [1.29, 1.82) is 5.26 Å². The van der Waals surface area contributed by atoms with Crippen LogP contribution in [0.15, 0.2) is 22.7 Å². The summed E-state index contributed by atoms with van der Waals surface area (Å²) in [5.74, 6) is 0.599. The number of hydrogen-bond acceptors (Lipinski definition) is 2. The molecular weight excluding hydrogens is 206 g/mol. The lowest BCUT2D eigenvalue weighted by molar-refractivity contribution is 0.502. The van der Waals surface area contributed by atoms with Gasteiger partial charge in [0.2, 0.25) is 0 Å². The van der Waals surface area contributed by atoms with Gasteiger partial charge in [0, 0.05) is 10.0 Å². The van der Waals surface area contributed by atoms with Gasteiger partial charge in [-0.1, -0.05) is 22.0 Å². The van der Waals surface area contributed by atoms with Crippen molar-refractivity contribution >= 4 is 15.9 Å². The molecule has 0 fully saturated rings. The van der Waals surface area contributed by atoms with Gasteiger partial charge in [-0.25, -0.2) is 0 Å². The van der Waals surface area contributed by atoms with Crippen molar-refractivity contribution in [1.82, 2.24) is 0 Å². The van der Waals surface area contributed by atoms with Crippen molar-refractivity contribution in [3.05, 3.63) is 28.2 Å². The topological polar surface area (TPSA) is 33.0 Å². The molecule has 1 aromatic carbocycles. The Labute approximate surface area is 73.5 Å². The first-order chi connectivity index (χ1) is 5.25. The van der Waals surface area contributed by atoms with Gasteiger partial charge in [-0.05, 0) is 19.1 Å². The standard InChI is InChI=1S/C8H6BrNO/c1-6-7(9)3-2-4-8(6)11-5-10/h2-4H,1H3. The van der Waals surface area contributed by atoms with E-state index in [1.54, 1.807) is 12.3 Å². The summed E-state index contributed by atoms with van der Waals surface area (Å²) in [7, 11) is 0. The van der Waals surface area contributed by atoms with E-state index in [2.05, 4.69) is 15.9 Å². The molecule has 0 atom stereocenters. The predicted octanol–water partition coefficient (Wildman–Crippen LogP) is 2.62. The van der Waals surface area contributed by atoms with Crippen molar-refractivity contribution in [2.45, 2.75) is 6.92 Å². The van der Waals surface area contributed by atoms with Crippen molar-refractivity contribution in [2.75, 3.05) is 0 Å². The Kier molecular flexibility index (Phi) is 2.50. The van der Waals surface area contributed by atoms with E-state index < -0.39 is 0 Å². The molecule has 1 rings (SSSR count). The Hall–Kier alpha value is -1.01. The molecule has 0 saturated carbocycles. The number of rotatable bonds is 1. The summed E-state index contributed by atoms with van der Waals surface area (Å²) in [6, 6.07) is 5.48.